The second kappa shape index (κ2) is 3.76. The fourth-order valence-corrected chi connectivity index (χ4v) is 2.68. The van der Waals surface area contributed by atoms with Crippen LogP contribution in [0.2, 0.25) is 0 Å². The van der Waals surface area contributed by atoms with Gasteiger partial charge in [-0.1, -0.05) is 32.6 Å². The van der Waals surface area contributed by atoms with Gasteiger partial charge in [0.25, 0.3) is 0 Å². The quantitative estimate of drug-likeness (QED) is 0.774. The zero-order valence-corrected chi connectivity index (χ0v) is 8.89. The predicted octanol–water partition coefficient (Wildman–Crippen LogP) is 2.62. The van der Waals surface area contributed by atoms with Crippen LogP contribution in [-0.2, 0) is 4.79 Å². The van der Waals surface area contributed by atoms with Crippen molar-refractivity contribution < 1.29 is 9.90 Å². The lowest BCUT2D eigenvalue weighted by Gasteiger charge is -2.29. The molecule has 1 fully saturated rings. The largest absolute Gasteiger partial charge is 0.479 e. The lowest BCUT2D eigenvalue weighted by atomic mass is 9.76. The van der Waals surface area contributed by atoms with Crippen LogP contribution in [0.5, 0.6) is 0 Å². The lowest BCUT2D eigenvalue weighted by Crippen LogP contribution is -2.42. The number of hydrogen-bond acceptors (Lipinski definition) is 3. The molecule has 1 N–H and O–H groups in total. The molecule has 2 aliphatic rings. The number of carboxylic acids is 1. The summed E-state index contributed by atoms with van der Waals surface area (Å²) in [6.45, 7) is 1.98. The second-order valence-corrected chi connectivity index (χ2v) is 4.49. The molecule has 2 rings (SSSR count). The van der Waals surface area contributed by atoms with Crippen molar-refractivity contribution in [2.24, 2.45) is 22.1 Å². The van der Waals surface area contributed by atoms with Crippen LogP contribution >= 0.6 is 0 Å². The van der Waals surface area contributed by atoms with E-state index in [1.54, 1.807) is 6.08 Å². The molecular weight excluding hydrogens is 192 g/mol. The number of rotatable bonds is 3. The molecule has 1 aliphatic heterocycles. The van der Waals surface area contributed by atoms with Crippen molar-refractivity contribution in [1.29, 1.82) is 0 Å². The molecule has 0 bridgehead atoms. The minimum Gasteiger partial charge on any atom is -0.479 e. The summed E-state index contributed by atoms with van der Waals surface area (Å²) >= 11 is 0. The van der Waals surface area contributed by atoms with Crippen molar-refractivity contribution in [3.8, 4) is 0 Å². The van der Waals surface area contributed by atoms with E-state index in [0.29, 0.717) is 5.92 Å². The topological polar surface area (TPSA) is 62.0 Å². The molecule has 4 heteroatoms. The van der Waals surface area contributed by atoms with Crippen LogP contribution in [0.1, 0.15) is 32.6 Å². The monoisotopic (exact) mass is 208 g/mol. The molecule has 0 spiro atoms. The Bertz CT molecular complexity index is 305. The van der Waals surface area contributed by atoms with Gasteiger partial charge >= 0.3 is 5.97 Å². The van der Waals surface area contributed by atoms with Gasteiger partial charge in [-0.15, -0.1) is 0 Å². The van der Waals surface area contributed by atoms with Crippen LogP contribution in [0.3, 0.4) is 0 Å². The molecule has 0 radical (unpaired) electrons. The van der Waals surface area contributed by atoms with Gasteiger partial charge in [0.05, 0.1) is 0 Å². The highest BCUT2D eigenvalue weighted by molar-refractivity contribution is 5.82. The van der Waals surface area contributed by atoms with E-state index in [1.807, 2.05) is 6.92 Å². The van der Waals surface area contributed by atoms with Crippen molar-refractivity contribution in [2.75, 3.05) is 0 Å². The van der Waals surface area contributed by atoms with Crippen molar-refractivity contribution >= 4 is 5.97 Å². The highest BCUT2D eigenvalue weighted by atomic mass is 16.4. The maximum absolute atomic E-state index is 11.3. The summed E-state index contributed by atoms with van der Waals surface area (Å²) in [6, 6.07) is 0. The minimum absolute atomic E-state index is 0.0417. The summed E-state index contributed by atoms with van der Waals surface area (Å²) < 4.78 is 0. The number of azo groups is 1. The number of aliphatic carboxylic acids is 1. The van der Waals surface area contributed by atoms with Gasteiger partial charge < -0.3 is 5.11 Å². The first-order chi connectivity index (χ1) is 7.17. The van der Waals surface area contributed by atoms with Crippen molar-refractivity contribution in [1.82, 2.24) is 0 Å². The van der Waals surface area contributed by atoms with Gasteiger partial charge in [-0.25, -0.2) is 4.79 Å². The normalized spacial score (nSPS) is 32.3. The van der Waals surface area contributed by atoms with Gasteiger partial charge in [-0.3, -0.25) is 0 Å². The van der Waals surface area contributed by atoms with E-state index in [4.69, 9.17) is 0 Å². The fraction of sp³-hybridized carbons (Fsp3) is 0.727. The molecule has 15 heavy (non-hydrogen) atoms. The van der Waals surface area contributed by atoms with E-state index in [9.17, 15) is 9.90 Å². The summed E-state index contributed by atoms with van der Waals surface area (Å²) in [6.07, 6.45) is 7.80. The van der Waals surface area contributed by atoms with E-state index < -0.39 is 11.5 Å². The SMILES string of the molecule is CC(C1CCCC1)C1(C(=O)O)C=CN=N1. The standard InChI is InChI=1S/C11H16N2O2/c1-8(9-4-2-3-5-9)11(10(14)15)6-7-12-13-11/h6-9H,2-5H2,1H3,(H,14,15). The molecule has 0 saturated heterocycles. The van der Waals surface area contributed by atoms with Crippen LogP contribution in [-0.4, -0.2) is 16.6 Å². The second-order valence-electron chi connectivity index (χ2n) is 4.49. The van der Waals surface area contributed by atoms with E-state index >= 15 is 0 Å². The highest BCUT2D eigenvalue weighted by Gasteiger charge is 2.47. The zero-order chi connectivity index (χ0) is 10.9. The zero-order valence-electron chi connectivity index (χ0n) is 8.89. The summed E-state index contributed by atoms with van der Waals surface area (Å²) in [5, 5.41) is 16.9. The van der Waals surface area contributed by atoms with Gasteiger partial charge in [0.1, 0.15) is 0 Å². The van der Waals surface area contributed by atoms with Gasteiger partial charge in [0.15, 0.2) is 0 Å². The van der Waals surface area contributed by atoms with Gasteiger partial charge in [0, 0.05) is 12.1 Å². The van der Waals surface area contributed by atoms with Crippen molar-refractivity contribution in [3.63, 3.8) is 0 Å². The first-order valence-electron chi connectivity index (χ1n) is 5.50. The van der Waals surface area contributed by atoms with E-state index in [0.717, 1.165) is 12.8 Å². The van der Waals surface area contributed by atoms with Gasteiger partial charge in [-0.05, 0) is 12.0 Å². The van der Waals surface area contributed by atoms with E-state index in [1.165, 1.54) is 19.0 Å². The van der Waals surface area contributed by atoms with E-state index in [-0.39, 0.29) is 5.92 Å². The molecule has 2 atom stereocenters. The molecule has 1 saturated carbocycles. The van der Waals surface area contributed by atoms with Gasteiger partial charge in [-0.2, -0.15) is 10.2 Å². The Morgan fingerprint density at radius 2 is 2.20 bits per heavy atom. The van der Waals surface area contributed by atoms with E-state index in [2.05, 4.69) is 10.2 Å². The molecular formula is C11H16N2O2. The first kappa shape index (κ1) is 10.3. The maximum atomic E-state index is 11.3. The lowest BCUT2D eigenvalue weighted by molar-refractivity contribution is -0.143. The third-order valence-corrected chi connectivity index (χ3v) is 3.76. The molecule has 0 amide bonds. The Hall–Kier alpha value is -1.19. The van der Waals surface area contributed by atoms with Crippen LogP contribution in [0, 0.1) is 11.8 Å². The number of hydrogen-bond donors (Lipinski definition) is 1. The minimum atomic E-state index is -1.09. The molecule has 82 valence electrons. The molecule has 0 aromatic rings. The molecule has 4 nitrogen and oxygen atoms in total. The number of carboxylic acid groups (broad SMARTS) is 1. The fourth-order valence-electron chi connectivity index (χ4n) is 2.68. The highest BCUT2D eigenvalue weighted by Crippen LogP contribution is 2.41. The van der Waals surface area contributed by atoms with Crippen LogP contribution in [0.15, 0.2) is 22.5 Å². The summed E-state index contributed by atoms with van der Waals surface area (Å²) in [5.41, 5.74) is -1.09. The molecule has 1 heterocycles. The molecule has 1 aliphatic carbocycles. The van der Waals surface area contributed by atoms with Crippen LogP contribution < -0.4 is 0 Å². The third kappa shape index (κ3) is 1.58. The van der Waals surface area contributed by atoms with Crippen molar-refractivity contribution in [2.45, 2.75) is 38.1 Å². The Labute approximate surface area is 89.1 Å². The third-order valence-electron chi connectivity index (χ3n) is 3.76. The van der Waals surface area contributed by atoms with Crippen molar-refractivity contribution in [3.05, 3.63) is 12.3 Å². The predicted molar refractivity (Wildman–Crippen MR) is 55.5 cm³/mol. The Balaban J connectivity index is 2.21. The van der Waals surface area contributed by atoms with Crippen LogP contribution in [0.4, 0.5) is 0 Å². The smallest absolute Gasteiger partial charge is 0.337 e. The molecule has 0 aromatic carbocycles. The Morgan fingerprint density at radius 1 is 1.53 bits per heavy atom. The Morgan fingerprint density at radius 3 is 2.67 bits per heavy atom. The maximum Gasteiger partial charge on any atom is 0.337 e. The number of nitrogens with zero attached hydrogens (tertiary/aromatic N) is 2. The summed E-state index contributed by atoms with van der Waals surface area (Å²) in [4.78, 5) is 11.3. The Kier molecular flexibility index (Phi) is 2.59. The summed E-state index contributed by atoms with van der Waals surface area (Å²) in [7, 11) is 0. The average Bonchev–Trinajstić information content (AvgIpc) is 2.89. The number of carbonyl (C=O) groups is 1. The average molecular weight is 208 g/mol. The summed E-state index contributed by atoms with van der Waals surface area (Å²) in [5.74, 6) is -0.359. The molecule has 0 aromatic heterocycles. The van der Waals surface area contributed by atoms with Crippen LogP contribution in [0.25, 0.3) is 0 Å². The first-order valence-corrected chi connectivity index (χ1v) is 5.50. The molecule has 2 unspecified atom stereocenters. The van der Waals surface area contributed by atoms with Gasteiger partial charge in [0.2, 0.25) is 5.54 Å².